The number of halogens is 2. The molecule has 1 amide bonds. The number of nitrogens with one attached hydrogen (secondary N) is 1. The molecule has 2 saturated heterocycles. The van der Waals surface area contributed by atoms with E-state index in [0.717, 1.165) is 24.9 Å². The van der Waals surface area contributed by atoms with Gasteiger partial charge in [-0.2, -0.15) is 0 Å². The average molecular weight is 313 g/mol. The molecular weight excluding hydrogens is 295 g/mol. The van der Waals surface area contributed by atoms with Gasteiger partial charge in [-0.3, -0.25) is 10.1 Å². The number of likely N-dealkylation sites (N-methyl/N-ethyl adjacent to an activating group) is 1. The first-order chi connectivity index (χ1) is 10.1. The van der Waals surface area contributed by atoms with Gasteiger partial charge in [-0.15, -0.1) is 0 Å². The lowest BCUT2D eigenvalue weighted by atomic mass is 10.0. The molecule has 0 aliphatic carbocycles. The first-order valence-electron chi connectivity index (χ1n) is 7.14. The molecule has 2 aliphatic heterocycles. The minimum Gasteiger partial charge on any atom is -0.372 e. The Bertz CT molecular complexity index is 554. The number of hydrogen-bond acceptors (Lipinski definition) is 3. The normalized spacial score (nSPS) is 29.4. The molecule has 21 heavy (non-hydrogen) atoms. The molecule has 1 aromatic carbocycles. The van der Waals surface area contributed by atoms with Crippen LogP contribution in [0.15, 0.2) is 18.2 Å². The minimum absolute atomic E-state index is 0.0195. The van der Waals surface area contributed by atoms with E-state index in [4.69, 9.17) is 16.3 Å². The minimum atomic E-state index is -0.444. The van der Waals surface area contributed by atoms with E-state index in [2.05, 4.69) is 5.32 Å². The summed E-state index contributed by atoms with van der Waals surface area (Å²) in [6, 6.07) is 4.58. The third-order valence-corrected chi connectivity index (χ3v) is 4.51. The summed E-state index contributed by atoms with van der Waals surface area (Å²) in [5.74, 6) is -0.331. The monoisotopic (exact) mass is 312 g/mol. The summed E-state index contributed by atoms with van der Waals surface area (Å²) in [7, 11) is 1.81. The van der Waals surface area contributed by atoms with E-state index >= 15 is 0 Å². The first-order valence-corrected chi connectivity index (χ1v) is 7.51. The van der Waals surface area contributed by atoms with Gasteiger partial charge in [-0.1, -0.05) is 17.7 Å². The molecule has 0 radical (unpaired) electrons. The van der Waals surface area contributed by atoms with Gasteiger partial charge in [0.15, 0.2) is 0 Å². The lowest BCUT2D eigenvalue weighted by Crippen LogP contribution is -2.44. The number of rotatable bonds is 3. The van der Waals surface area contributed by atoms with Gasteiger partial charge in [0.2, 0.25) is 5.91 Å². The molecule has 6 heteroatoms. The standard InChI is InChI=1S/C15H18ClFN2O2/c1-19-6-4-13(15(19)20)18-12-5-7-21-14(12)9-2-3-10(16)11(17)8-9/h2-3,8,12-14,18H,4-7H2,1H3/t12-,13+,14-/m1/s1. The van der Waals surface area contributed by atoms with Crippen molar-refractivity contribution in [2.24, 2.45) is 0 Å². The molecule has 4 nitrogen and oxygen atoms in total. The first kappa shape index (κ1) is 14.8. The summed E-state index contributed by atoms with van der Waals surface area (Å²) in [5, 5.41) is 3.47. The van der Waals surface area contributed by atoms with E-state index in [-0.39, 0.29) is 29.1 Å². The third-order valence-electron chi connectivity index (χ3n) is 4.21. The van der Waals surface area contributed by atoms with Crippen LogP contribution in [0, 0.1) is 5.82 Å². The van der Waals surface area contributed by atoms with Crippen molar-refractivity contribution in [2.45, 2.75) is 31.0 Å². The molecule has 1 aromatic rings. The highest BCUT2D eigenvalue weighted by Crippen LogP contribution is 2.31. The highest BCUT2D eigenvalue weighted by molar-refractivity contribution is 6.30. The number of ether oxygens (including phenoxy) is 1. The van der Waals surface area contributed by atoms with E-state index in [1.807, 2.05) is 0 Å². The SMILES string of the molecule is CN1CC[C@H](N[C@@H]2CCO[C@@H]2c2ccc(Cl)c(F)c2)C1=O. The van der Waals surface area contributed by atoms with E-state index in [0.29, 0.717) is 6.61 Å². The number of carbonyl (C=O) groups is 1. The molecule has 3 rings (SSSR count). The predicted molar refractivity (Wildman–Crippen MR) is 77.7 cm³/mol. The Kier molecular flexibility index (Phi) is 4.15. The van der Waals surface area contributed by atoms with E-state index in [1.54, 1.807) is 24.1 Å². The zero-order chi connectivity index (χ0) is 15.0. The fourth-order valence-electron chi connectivity index (χ4n) is 3.01. The zero-order valence-corrected chi connectivity index (χ0v) is 12.6. The molecule has 3 atom stereocenters. The van der Waals surface area contributed by atoms with Crippen LogP contribution < -0.4 is 5.32 Å². The van der Waals surface area contributed by atoms with Crippen LogP contribution in [-0.2, 0) is 9.53 Å². The second-order valence-electron chi connectivity index (χ2n) is 5.63. The smallest absolute Gasteiger partial charge is 0.239 e. The Morgan fingerprint density at radius 3 is 2.90 bits per heavy atom. The molecule has 2 aliphatic rings. The van der Waals surface area contributed by atoms with Crippen molar-refractivity contribution >= 4 is 17.5 Å². The molecule has 0 saturated carbocycles. The van der Waals surface area contributed by atoms with Gasteiger partial charge in [0, 0.05) is 26.2 Å². The number of carbonyl (C=O) groups excluding carboxylic acids is 1. The maximum absolute atomic E-state index is 13.6. The van der Waals surface area contributed by atoms with Crippen molar-refractivity contribution in [3.63, 3.8) is 0 Å². The van der Waals surface area contributed by atoms with Gasteiger partial charge in [0.1, 0.15) is 5.82 Å². The number of nitrogens with zero attached hydrogens (tertiary/aromatic N) is 1. The van der Waals surface area contributed by atoms with Gasteiger partial charge in [-0.25, -0.2) is 4.39 Å². The third kappa shape index (κ3) is 2.91. The van der Waals surface area contributed by atoms with Crippen LogP contribution >= 0.6 is 11.6 Å². The summed E-state index contributed by atoms with van der Waals surface area (Å²) in [6.07, 6.45) is 1.37. The highest BCUT2D eigenvalue weighted by Gasteiger charge is 2.36. The lowest BCUT2D eigenvalue weighted by Gasteiger charge is -2.23. The number of benzene rings is 1. The van der Waals surface area contributed by atoms with Gasteiger partial charge < -0.3 is 9.64 Å². The Morgan fingerprint density at radius 1 is 1.43 bits per heavy atom. The molecule has 0 unspecified atom stereocenters. The maximum Gasteiger partial charge on any atom is 0.239 e. The van der Waals surface area contributed by atoms with Crippen LogP contribution in [-0.4, -0.2) is 43.1 Å². The van der Waals surface area contributed by atoms with Crippen molar-refractivity contribution in [1.82, 2.24) is 10.2 Å². The predicted octanol–water partition coefficient (Wildman–Crippen LogP) is 2.13. The molecule has 114 valence electrons. The fourth-order valence-corrected chi connectivity index (χ4v) is 3.13. The van der Waals surface area contributed by atoms with Crippen molar-refractivity contribution in [3.8, 4) is 0 Å². The molecule has 0 bridgehead atoms. The second kappa shape index (κ2) is 5.91. The van der Waals surface area contributed by atoms with Crippen LogP contribution in [0.2, 0.25) is 5.02 Å². The Labute approximate surface area is 128 Å². The summed E-state index contributed by atoms with van der Waals surface area (Å²) >= 11 is 5.71. The number of amides is 1. The fraction of sp³-hybridized carbons (Fsp3) is 0.533. The molecule has 0 aromatic heterocycles. The van der Waals surface area contributed by atoms with Gasteiger partial charge in [0.05, 0.1) is 17.2 Å². The van der Waals surface area contributed by atoms with Crippen LogP contribution in [0.5, 0.6) is 0 Å². The van der Waals surface area contributed by atoms with Gasteiger partial charge >= 0.3 is 0 Å². The van der Waals surface area contributed by atoms with Crippen molar-refractivity contribution < 1.29 is 13.9 Å². The summed E-state index contributed by atoms with van der Waals surface area (Å²) < 4.78 is 19.3. The van der Waals surface area contributed by atoms with Crippen LogP contribution in [0.3, 0.4) is 0 Å². The number of hydrogen-bond donors (Lipinski definition) is 1. The second-order valence-corrected chi connectivity index (χ2v) is 6.04. The summed E-state index contributed by atoms with van der Waals surface area (Å²) in [6.45, 7) is 1.37. The molecule has 2 fully saturated rings. The van der Waals surface area contributed by atoms with Crippen molar-refractivity contribution in [1.29, 1.82) is 0 Å². The molecule has 1 N–H and O–H groups in total. The van der Waals surface area contributed by atoms with Crippen molar-refractivity contribution in [2.75, 3.05) is 20.2 Å². The summed E-state index contributed by atoms with van der Waals surface area (Å²) in [4.78, 5) is 13.7. The van der Waals surface area contributed by atoms with E-state index < -0.39 is 5.82 Å². The molecule has 0 spiro atoms. The van der Waals surface area contributed by atoms with Crippen LogP contribution in [0.4, 0.5) is 4.39 Å². The largest absolute Gasteiger partial charge is 0.372 e. The van der Waals surface area contributed by atoms with Crippen LogP contribution in [0.1, 0.15) is 24.5 Å². The Hall–Kier alpha value is -1.17. The van der Waals surface area contributed by atoms with E-state index in [9.17, 15) is 9.18 Å². The zero-order valence-electron chi connectivity index (χ0n) is 11.8. The average Bonchev–Trinajstić information content (AvgIpc) is 3.04. The van der Waals surface area contributed by atoms with Gasteiger partial charge in [-0.05, 0) is 30.5 Å². The van der Waals surface area contributed by atoms with Crippen LogP contribution in [0.25, 0.3) is 0 Å². The number of likely N-dealkylation sites (tertiary alicyclic amines) is 1. The van der Waals surface area contributed by atoms with Gasteiger partial charge in [0.25, 0.3) is 0 Å². The Balaban J connectivity index is 1.73. The molecular formula is C15H18ClFN2O2. The quantitative estimate of drug-likeness (QED) is 0.929. The summed E-state index contributed by atoms with van der Waals surface area (Å²) in [5.41, 5.74) is 0.755. The van der Waals surface area contributed by atoms with E-state index in [1.165, 1.54) is 6.07 Å². The van der Waals surface area contributed by atoms with Crippen molar-refractivity contribution in [3.05, 3.63) is 34.6 Å². The maximum atomic E-state index is 13.6. The molecule has 2 heterocycles. The Morgan fingerprint density at radius 2 is 2.24 bits per heavy atom. The topological polar surface area (TPSA) is 41.6 Å². The lowest BCUT2D eigenvalue weighted by molar-refractivity contribution is -0.128. The highest BCUT2D eigenvalue weighted by atomic mass is 35.5.